The van der Waals surface area contributed by atoms with Gasteiger partial charge in [-0.25, -0.2) is 10.3 Å². The predicted octanol–water partition coefficient (Wildman–Crippen LogP) is 3.17. The Morgan fingerprint density at radius 2 is 1.85 bits per heavy atom. The molecule has 1 aliphatic rings. The summed E-state index contributed by atoms with van der Waals surface area (Å²) in [7, 11) is 0. The van der Waals surface area contributed by atoms with Crippen molar-refractivity contribution in [2.75, 3.05) is 19.8 Å². The van der Waals surface area contributed by atoms with Gasteiger partial charge >= 0.3 is 0 Å². The number of amides is 3. The number of aliphatic hydroxyl groups is 1. The summed E-state index contributed by atoms with van der Waals surface area (Å²) in [6, 6.07) is 8.81. The fourth-order valence-electron chi connectivity index (χ4n) is 4.45. The monoisotopic (exact) mass is 560 g/mol. The van der Waals surface area contributed by atoms with Crippen LogP contribution in [0.1, 0.15) is 72.3 Å². The number of nitrogens with two attached hydrogens (primary N) is 1. The third-order valence-electron chi connectivity index (χ3n) is 6.73. The van der Waals surface area contributed by atoms with E-state index in [1.54, 1.807) is 13.8 Å². The number of carbonyl (C=O) groups is 3. The molecule has 1 aromatic rings. The maximum absolute atomic E-state index is 13.8. The molecule has 2 rings (SSSR count). The third kappa shape index (κ3) is 11.4. The zero-order valence-corrected chi connectivity index (χ0v) is 24.6. The van der Waals surface area contributed by atoms with Gasteiger partial charge in [-0.05, 0) is 44.1 Å². The largest absolute Gasteiger partial charge is 0.396 e. The molecule has 1 aliphatic heterocycles. The standard InChI is InChI=1S/C30H48N4O6/c1-21(2)18-25(27(36)32-34(29(38)22(3)31)19-30(4,5)20-35)24(15-11-14-23-12-7-6-8-13-23)28(37)33-40-26-16-9-10-17-39-26/h6-8,11-14,21-22,24-26,35H,9-10,15-20,31H2,1-5H3,(H,32,36)(H,33,37)/t22-,24+,25-,26?/m1/s1. The SMILES string of the molecule is CC(C)C[C@@H](C(=O)NN(CC(C)(C)CO)C(=O)[C@@H](C)N)[C@H](CC=Cc1ccccc1)C(=O)NOC1CCCCO1. The highest BCUT2D eigenvalue weighted by Crippen LogP contribution is 2.27. The number of benzene rings is 1. The summed E-state index contributed by atoms with van der Waals surface area (Å²) in [5, 5.41) is 10.9. The minimum Gasteiger partial charge on any atom is -0.396 e. The lowest BCUT2D eigenvalue weighted by Gasteiger charge is -2.34. The van der Waals surface area contributed by atoms with E-state index in [2.05, 4.69) is 10.9 Å². The molecule has 3 amide bonds. The molecular weight excluding hydrogens is 512 g/mol. The predicted molar refractivity (Wildman–Crippen MR) is 154 cm³/mol. The Labute approximate surface area is 238 Å². The molecule has 4 atom stereocenters. The molecule has 0 aromatic heterocycles. The molecule has 10 heteroatoms. The maximum Gasteiger partial charge on any atom is 0.257 e. The first-order valence-electron chi connectivity index (χ1n) is 14.2. The van der Waals surface area contributed by atoms with Crippen LogP contribution >= 0.6 is 0 Å². The molecule has 0 spiro atoms. The van der Waals surface area contributed by atoms with Crippen LogP contribution in [0.2, 0.25) is 0 Å². The number of ether oxygens (including phenoxy) is 1. The second-order valence-electron chi connectivity index (χ2n) is 11.8. The van der Waals surface area contributed by atoms with Crippen molar-refractivity contribution < 1.29 is 29.1 Å². The van der Waals surface area contributed by atoms with Crippen molar-refractivity contribution in [3.05, 3.63) is 42.0 Å². The Kier molecular flexibility index (Phi) is 13.8. The molecule has 0 radical (unpaired) electrons. The average molecular weight is 561 g/mol. The number of aliphatic hydroxyl groups excluding tert-OH is 1. The van der Waals surface area contributed by atoms with Gasteiger partial charge in [0.2, 0.25) is 11.8 Å². The Morgan fingerprint density at radius 3 is 2.42 bits per heavy atom. The van der Waals surface area contributed by atoms with E-state index in [0.29, 0.717) is 19.4 Å². The molecule has 224 valence electrons. The van der Waals surface area contributed by atoms with Gasteiger partial charge in [0, 0.05) is 31.6 Å². The lowest BCUT2D eigenvalue weighted by atomic mass is 9.82. The molecule has 1 heterocycles. The highest BCUT2D eigenvalue weighted by molar-refractivity contribution is 5.89. The van der Waals surface area contributed by atoms with Gasteiger partial charge in [0.15, 0.2) is 6.29 Å². The second kappa shape index (κ2) is 16.5. The van der Waals surface area contributed by atoms with Crippen molar-refractivity contribution in [2.45, 2.75) is 79.1 Å². The number of hydrogen-bond donors (Lipinski definition) is 4. The van der Waals surface area contributed by atoms with Crippen LogP contribution in [0, 0.1) is 23.2 Å². The molecule has 40 heavy (non-hydrogen) atoms. The van der Waals surface area contributed by atoms with E-state index in [1.807, 2.05) is 56.3 Å². The van der Waals surface area contributed by atoms with E-state index < -0.39 is 47.3 Å². The van der Waals surface area contributed by atoms with Gasteiger partial charge in [-0.3, -0.25) is 24.8 Å². The summed E-state index contributed by atoms with van der Waals surface area (Å²) < 4.78 is 5.57. The smallest absolute Gasteiger partial charge is 0.257 e. The maximum atomic E-state index is 13.8. The normalized spacial score (nSPS) is 18.2. The minimum absolute atomic E-state index is 0.0525. The molecule has 1 saturated heterocycles. The van der Waals surface area contributed by atoms with E-state index in [9.17, 15) is 19.5 Å². The Balaban J connectivity index is 2.32. The number of carbonyl (C=O) groups excluding carboxylic acids is 3. The quantitative estimate of drug-likeness (QED) is 0.256. The third-order valence-corrected chi connectivity index (χ3v) is 6.73. The van der Waals surface area contributed by atoms with Crippen molar-refractivity contribution in [1.29, 1.82) is 0 Å². The molecular formula is C30H48N4O6. The summed E-state index contributed by atoms with van der Waals surface area (Å²) in [6.45, 7) is 9.46. The first-order chi connectivity index (χ1) is 18.9. The van der Waals surface area contributed by atoms with Crippen LogP contribution in [0.25, 0.3) is 6.08 Å². The summed E-state index contributed by atoms with van der Waals surface area (Å²) >= 11 is 0. The van der Waals surface area contributed by atoms with Gasteiger partial charge in [0.05, 0.1) is 17.9 Å². The number of rotatable bonds is 14. The molecule has 5 N–H and O–H groups in total. The van der Waals surface area contributed by atoms with Crippen LogP contribution in [0.15, 0.2) is 36.4 Å². The van der Waals surface area contributed by atoms with Crippen molar-refractivity contribution >= 4 is 23.8 Å². The number of hydrazine groups is 1. The molecule has 1 aromatic carbocycles. The van der Waals surface area contributed by atoms with Gasteiger partial charge in [-0.15, -0.1) is 0 Å². The van der Waals surface area contributed by atoms with Crippen molar-refractivity contribution in [1.82, 2.24) is 15.9 Å². The van der Waals surface area contributed by atoms with Crippen molar-refractivity contribution in [3.8, 4) is 0 Å². The minimum atomic E-state index is -0.866. The number of hydrogen-bond acceptors (Lipinski definition) is 7. The summed E-state index contributed by atoms with van der Waals surface area (Å²) in [6.07, 6.45) is 6.47. The van der Waals surface area contributed by atoms with Crippen LogP contribution in [-0.4, -0.2) is 59.9 Å². The number of nitrogens with one attached hydrogen (secondary N) is 2. The number of hydroxylamine groups is 1. The van der Waals surface area contributed by atoms with Gasteiger partial charge in [-0.1, -0.05) is 70.2 Å². The van der Waals surface area contributed by atoms with Crippen LogP contribution < -0.4 is 16.6 Å². The summed E-state index contributed by atoms with van der Waals surface area (Å²) in [4.78, 5) is 45.8. The van der Waals surface area contributed by atoms with Crippen LogP contribution in [0.5, 0.6) is 0 Å². The lowest BCUT2D eigenvalue weighted by molar-refractivity contribution is -0.203. The van der Waals surface area contributed by atoms with Crippen molar-refractivity contribution in [3.63, 3.8) is 0 Å². The molecule has 1 unspecified atom stereocenters. The molecule has 1 fully saturated rings. The number of nitrogens with zero attached hydrogens (tertiary/aromatic N) is 1. The van der Waals surface area contributed by atoms with E-state index in [-0.39, 0.29) is 25.5 Å². The molecule has 0 aliphatic carbocycles. The summed E-state index contributed by atoms with van der Waals surface area (Å²) in [5.74, 6) is -2.88. The lowest BCUT2D eigenvalue weighted by Crippen LogP contribution is -2.57. The Hall–Kier alpha value is -2.79. The summed E-state index contributed by atoms with van der Waals surface area (Å²) in [5.41, 5.74) is 11.4. The first-order valence-corrected chi connectivity index (χ1v) is 14.2. The van der Waals surface area contributed by atoms with E-state index in [4.69, 9.17) is 15.3 Å². The topological polar surface area (TPSA) is 143 Å². The first kappa shape index (κ1) is 33.4. The van der Waals surface area contributed by atoms with Gasteiger partial charge < -0.3 is 15.6 Å². The van der Waals surface area contributed by atoms with Crippen LogP contribution in [0.4, 0.5) is 0 Å². The fourth-order valence-corrected chi connectivity index (χ4v) is 4.45. The van der Waals surface area contributed by atoms with Crippen LogP contribution in [0.3, 0.4) is 0 Å². The van der Waals surface area contributed by atoms with Gasteiger partial charge in [0.1, 0.15) is 0 Å². The Bertz CT molecular complexity index is 960. The highest BCUT2D eigenvalue weighted by atomic mass is 16.8. The van der Waals surface area contributed by atoms with Gasteiger partial charge in [0.25, 0.3) is 5.91 Å². The second-order valence-corrected chi connectivity index (χ2v) is 11.8. The molecule has 0 bridgehead atoms. The van der Waals surface area contributed by atoms with E-state index in [0.717, 1.165) is 23.4 Å². The fraction of sp³-hybridized carbons (Fsp3) is 0.633. The zero-order chi connectivity index (χ0) is 29.7. The number of allylic oxidation sites excluding steroid dienone is 1. The zero-order valence-electron chi connectivity index (χ0n) is 24.6. The van der Waals surface area contributed by atoms with E-state index in [1.165, 1.54) is 6.92 Å². The molecule has 10 nitrogen and oxygen atoms in total. The van der Waals surface area contributed by atoms with Crippen molar-refractivity contribution in [2.24, 2.45) is 28.9 Å². The molecule has 0 saturated carbocycles. The van der Waals surface area contributed by atoms with E-state index >= 15 is 0 Å². The average Bonchev–Trinajstić information content (AvgIpc) is 2.93. The Morgan fingerprint density at radius 1 is 1.15 bits per heavy atom. The van der Waals surface area contributed by atoms with Crippen LogP contribution in [-0.2, 0) is 24.0 Å². The van der Waals surface area contributed by atoms with Gasteiger partial charge in [-0.2, -0.15) is 0 Å². The highest BCUT2D eigenvalue weighted by Gasteiger charge is 2.37.